The third-order valence-corrected chi connectivity index (χ3v) is 7.92. The van der Waals surface area contributed by atoms with Gasteiger partial charge in [-0.1, -0.05) is 0 Å². The number of fused-ring (bicyclic) bond motifs is 3. The Balaban J connectivity index is 1.32. The van der Waals surface area contributed by atoms with E-state index < -0.39 is 0 Å². The van der Waals surface area contributed by atoms with E-state index in [1.807, 2.05) is 12.3 Å². The molecule has 0 spiro atoms. The van der Waals surface area contributed by atoms with Crippen LogP contribution in [0.3, 0.4) is 0 Å². The zero-order valence-corrected chi connectivity index (χ0v) is 17.6. The molecule has 0 aromatic carbocycles. The summed E-state index contributed by atoms with van der Waals surface area (Å²) in [6.45, 7) is 3.84. The molecule has 1 saturated carbocycles. The van der Waals surface area contributed by atoms with Crippen molar-refractivity contribution >= 4 is 27.5 Å². The standard InChI is InChI=1S/C22H29N3O3S/c23-19(26)13-14-1-6-18-20(14)21-17(7-8-24-22(21)29-18)28-16-4-2-15(3-5-16)25-9-11-27-12-10-25/h7-8,14-16H,1-6,9-13H2,(H2,23,26)/t14-,15-,16-/m1/s1. The van der Waals surface area contributed by atoms with E-state index in [9.17, 15) is 4.79 Å². The molecule has 3 heterocycles. The minimum Gasteiger partial charge on any atom is -0.490 e. The number of hydrogen-bond acceptors (Lipinski definition) is 6. The topological polar surface area (TPSA) is 77.7 Å². The Morgan fingerprint density at radius 1 is 1.24 bits per heavy atom. The number of rotatable bonds is 5. The van der Waals surface area contributed by atoms with E-state index in [1.54, 1.807) is 11.3 Å². The van der Waals surface area contributed by atoms with Gasteiger partial charge in [0, 0.05) is 36.6 Å². The van der Waals surface area contributed by atoms with Crippen LogP contribution in [-0.2, 0) is 16.0 Å². The predicted octanol–water partition coefficient (Wildman–Crippen LogP) is 3.22. The number of hydrogen-bond donors (Lipinski definition) is 1. The lowest BCUT2D eigenvalue weighted by Gasteiger charge is -2.38. The Labute approximate surface area is 175 Å². The molecule has 0 radical (unpaired) electrons. The highest BCUT2D eigenvalue weighted by Crippen LogP contribution is 2.48. The summed E-state index contributed by atoms with van der Waals surface area (Å²) in [5.74, 6) is 0.925. The average Bonchev–Trinajstić information content (AvgIpc) is 3.29. The highest BCUT2D eigenvalue weighted by molar-refractivity contribution is 7.19. The quantitative estimate of drug-likeness (QED) is 0.811. The fraction of sp³-hybridized carbons (Fsp3) is 0.636. The number of carbonyl (C=O) groups is 1. The Morgan fingerprint density at radius 3 is 2.79 bits per heavy atom. The summed E-state index contributed by atoms with van der Waals surface area (Å²) in [5, 5.41) is 1.13. The van der Waals surface area contributed by atoms with Gasteiger partial charge in [-0.15, -0.1) is 11.3 Å². The molecule has 2 aliphatic carbocycles. The number of thiophene rings is 1. The van der Waals surface area contributed by atoms with Crippen LogP contribution < -0.4 is 10.5 Å². The molecule has 1 atom stereocenters. The van der Waals surface area contributed by atoms with Gasteiger partial charge in [-0.2, -0.15) is 0 Å². The summed E-state index contributed by atoms with van der Waals surface area (Å²) >= 11 is 1.75. The lowest BCUT2D eigenvalue weighted by atomic mass is 9.91. The van der Waals surface area contributed by atoms with E-state index in [2.05, 4.69) is 9.88 Å². The molecule has 1 aliphatic heterocycles. The fourth-order valence-electron chi connectivity index (χ4n) is 5.33. The normalized spacial score (nSPS) is 27.8. The van der Waals surface area contributed by atoms with Crippen molar-refractivity contribution in [3.8, 4) is 5.75 Å². The van der Waals surface area contributed by atoms with Crippen molar-refractivity contribution in [2.24, 2.45) is 5.73 Å². The first-order valence-corrected chi connectivity index (χ1v) is 11.7. The van der Waals surface area contributed by atoms with Gasteiger partial charge in [-0.3, -0.25) is 9.69 Å². The Bertz CT molecular complexity index is 885. The van der Waals surface area contributed by atoms with Gasteiger partial charge in [-0.25, -0.2) is 4.98 Å². The van der Waals surface area contributed by atoms with E-state index in [0.717, 1.165) is 68.0 Å². The second kappa shape index (κ2) is 8.20. The van der Waals surface area contributed by atoms with Crippen molar-refractivity contribution in [2.75, 3.05) is 26.3 Å². The van der Waals surface area contributed by atoms with Gasteiger partial charge >= 0.3 is 0 Å². The number of aryl methyl sites for hydroxylation is 1. The number of morpholine rings is 1. The third-order valence-electron chi connectivity index (χ3n) is 6.74. The summed E-state index contributed by atoms with van der Waals surface area (Å²) in [6, 6.07) is 2.67. The molecular weight excluding hydrogens is 386 g/mol. The predicted molar refractivity (Wildman–Crippen MR) is 114 cm³/mol. The summed E-state index contributed by atoms with van der Waals surface area (Å²) in [4.78, 5) is 21.1. The minimum absolute atomic E-state index is 0.208. The lowest BCUT2D eigenvalue weighted by Crippen LogP contribution is -2.46. The number of nitrogens with two attached hydrogens (primary N) is 1. The molecule has 0 unspecified atom stereocenters. The Morgan fingerprint density at radius 2 is 2.03 bits per heavy atom. The first-order chi connectivity index (χ1) is 14.2. The molecule has 1 amide bonds. The minimum atomic E-state index is -0.227. The molecule has 29 heavy (non-hydrogen) atoms. The second-order valence-corrected chi connectivity index (χ2v) is 9.61. The van der Waals surface area contributed by atoms with Crippen molar-refractivity contribution in [2.45, 2.75) is 63.0 Å². The molecule has 6 nitrogen and oxygen atoms in total. The number of aromatic nitrogens is 1. The zero-order chi connectivity index (χ0) is 19.8. The Kier molecular flexibility index (Phi) is 5.45. The largest absolute Gasteiger partial charge is 0.490 e. The van der Waals surface area contributed by atoms with Crippen molar-refractivity contribution in [1.82, 2.24) is 9.88 Å². The average molecular weight is 416 g/mol. The van der Waals surface area contributed by atoms with Crippen LogP contribution in [0.5, 0.6) is 5.75 Å². The fourth-order valence-corrected chi connectivity index (χ4v) is 6.58. The molecule has 3 aliphatic rings. The SMILES string of the molecule is NC(=O)C[C@H]1CCc2sc3nccc(O[C@H]4CC[C@H](N5CCOCC5)CC4)c3c21. The van der Waals surface area contributed by atoms with Crippen LogP contribution in [-0.4, -0.2) is 54.2 Å². The molecule has 2 aromatic heterocycles. The van der Waals surface area contributed by atoms with Crippen LogP contribution in [0.1, 0.15) is 54.9 Å². The zero-order valence-electron chi connectivity index (χ0n) is 16.8. The van der Waals surface area contributed by atoms with E-state index in [4.69, 9.17) is 15.2 Å². The van der Waals surface area contributed by atoms with Crippen LogP contribution in [0.4, 0.5) is 0 Å². The number of primary amides is 1. The number of pyridine rings is 1. The van der Waals surface area contributed by atoms with Gasteiger partial charge in [0.25, 0.3) is 0 Å². The van der Waals surface area contributed by atoms with Gasteiger partial charge in [0.1, 0.15) is 10.6 Å². The van der Waals surface area contributed by atoms with E-state index in [0.29, 0.717) is 12.5 Å². The summed E-state index contributed by atoms with van der Waals surface area (Å²) in [7, 11) is 0. The number of ether oxygens (including phenoxy) is 2. The smallest absolute Gasteiger partial charge is 0.218 e. The monoisotopic (exact) mass is 415 g/mol. The van der Waals surface area contributed by atoms with Gasteiger partial charge in [0.05, 0.1) is 24.7 Å². The van der Waals surface area contributed by atoms with Gasteiger partial charge in [0.15, 0.2) is 0 Å². The molecule has 2 fully saturated rings. The van der Waals surface area contributed by atoms with E-state index >= 15 is 0 Å². The maximum Gasteiger partial charge on any atom is 0.218 e. The first kappa shape index (κ1) is 19.3. The number of carbonyl (C=O) groups excluding carboxylic acids is 1. The van der Waals surface area contributed by atoms with Crippen molar-refractivity contribution in [3.63, 3.8) is 0 Å². The van der Waals surface area contributed by atoms with Gasteiger partial charge in [0.2, 0.25) is 5.91 Å². The molecule has 2 N–H and O–H groups in total. The van der Waals surface area contributed by atoms with Crippen LogP contribution in [0, 0.1) is 0 Å². The summed E-state index contributed by atoms with van der Waals surface area (Å²) in [6.07, 6.45) is 9.08. The van der Waals surface area contributed by atoms with Crippen molar-refractivity contribution in [1.29, 1.82) is 0 Å². The van der Waals surface area contributed by atoms with Crippen molar-refractivity contribution < 1.29 is 14.3 Å². The third kappa shape index (κ3) is 3.88. The van der Waals surface area contributed by atoms with E-state index in [1.165, 1.54) is 23.3 Å². The molecule has 0 bridgehead atoms. The lowest BCUT2D eigenvalue weighted by molar-refractivity contribution is -0.118. The van der Waals surface area contributed by atoms with E-state index in [-0.39, 0.29) is 17.9 Å². The highest BCUT2D eigenvalue weighted by atomic mass is 32.1. The van der Waals surface area contributed by atoms with Crippen molar-refractivity contribution in [3.05, 3.63) is 22.7 Å². The number of amides is 1. The summed E-state index contributed by atoms with van der Waals surface area (Å²) < 4.78 is 12.0. The Hall–Kier alpha value is -1.70. The molecular formula is C22H29N3O3S. The maximum absolute atomic E-state index is 11.6. The highest BCUT2D eigenvalue weighted by Gasteiger charge is 2.32. The summed E-state index contributed by atoms with van der Waals surface area (Å²) in [5.41, 5.74) is 6.78. The molecule has 2 aromatic rings. The second-order valence-electron chi connectivity index (χ2n) is 8.53. The maximum atomic E-state index is 11.6. The van der Waals surface area contributed by atoms with Crippen LogP contribution >= 0.6 is 11.3 Å². The van der Waals surface area contributed by atoms with Gasteiger partial charge in [-0.05, 0) is 56.1 Å². The van der Waals surface area contributed by atoms with Crippen LogP contribution in [0.2, 0.25) is 0 Å². The molecule has 156 valence electrons. The first-order valence-electron chi connectivity index (χ1n) is 10.9. The molecule has 7 heteroatoms. The van der Waals surface area contributed by atoms with Gasteiger partial charge < -0.3 is 15.2 Å². The molecule has 5 rings (SSSR count). The number of nitrogens with zero attached hydrogens (tertiary/aromatic N) is 2. The van der Waals surface area contributed by atoms with Crippen LogP contribution in [0.15, 0.2) is 12.3 Å². The van der Waals surface area contributed by atoms with Crippen LogP contribution in [0.25, 0.3) is 10.2 Å². The molecule has 1 saturated heterocycles.